The summed E-state index contributed by atoms with van der Waals surface area (Å²) in [6, 6.07) is 3.57. The molecule has 0 radical (unpaired) electrons. The number of carbonyl (C=O) groups excluding carboxylic acids is 1. The number of aromatic nitrogens is 2. The quantitative estimate of drug-likeness (QED) is 0.681. The normalized spacial score (nSPS) is 20.3. The number of fused-ring (bicyclic) bond motifs is 1. The van der Waals surface area contributed by atoms with Crippen molar-refractivity contribution in [2.24, 2.45) is 5.92 Å². The highest BCUT2D eigenvalue weighted by Gasteiger charge is 2.29. The molecule has 1 amide bonds. The Hall–Kier alpha value is -2.61. The largest absolute Gasteiger partial charge is 0.486 e. The van der Waals surface area contributed by atoms with Gasteiger partial charge in [-0.3, -0.25) is 4.79 Å². The van der Waals surface area contributed by atoms with Crippen molar-refractivity contribution in [2.75, 3.05) is 37.5 Å². The number of halogens is 2. The second-order valence-electron chi connectivity index (χ2n) is 9.27. The van der Waals surface area contributed by atoms with Crippen molar-refractivity contribution in [1.82, 2.24) is 14.9 Å². The Balaban J connectivity index is 1.60. The molecule has 2 aliphatic rings. The number of anilines is 2. The zero-order valence-corrected chi connectivity index (χ0v) is 20.3. The summed E-state index contributed by atoms with van der Waals surface area (Å²) in [6.45, 7) is 5.27. The van der Waals surface area contributed by atoms with Crippen molar-refractivity contribution in [2.45, 2.75) is 51.6 Å². The predicted octanol–water partition coefficient (Wildman–Crippen LogP) is 4.60. The molecule has 1 aromatic carbocycles. The molecular formula is C24H31ClFN5O2. The van der Waals surface area contributed by atoms with E-state index >= 15 is 0 Å². The minimum atomic E-state index is -0.436. The summed E-state index contributed by atoms with van der Waals surface area (Å²) >= 11 is 6.44. The maximum absolute atomic E-state index is 15.0. The van der Waals surface area contributed by atoms with E-state index in [4.69, 9.17) is 16.3 Å². The molecule has 2 unspecified atom stereocenters. The lowest BCUT2D eigenvalue weighted by atomic mass is 9.85. The molecule has 33 heavy (non-hydrogen) atoms. The van der Waals surface area contributed by atoms with E-state index in [0.29, 0.717) is 41.1 Å². The van der Waals surface area contributed by atoms with Gasteiger partial charge in [-0.25, -0.2) is 14.4 Å². The van der Waals surface area contributed by atoms with Crippen molar-refractivity contribution in [1.29, 1.82) is 0 Å². The molecule has 7 nitrogen and oxygen atoms in total. The van der Waals surface area contributed by atoms with Gasteiger partial charge in [0.15, 0.2) is 11.6 Å². The van der Waals surface area contributed by atoms with Crippen LogP contribution in [-0.4, -0.2) is 60.1 Å². The molecule has 1 aromatic heterocycles. The standard InChI is InChI=1S/C24H31ClFN5O2/c1-14(2)31-8-9-33-22-19(26)11-16(12-20(22)31)21-18(25)13-27-24(29-21)28-17-7-5-6-15(10-17)23(32)30(3)4/h11-15,17H,5-10H2,1-4H3,(H,27,28,29). The first kappa shape index (κ1) is 23.5. The maximum Gasteiger partial charge on any atom is 0.225 e. The predicted molar refractivity (Wildman–Crippen MR) is 128 cm³/mol. The van der Waals surface area contributed by atoms with E-state index in [1.807, 2.05) is 6.07 Å². The highest BCUT2D eigenvalue weighted by molar-refractivity contribution is 6.32. The number of benzene rings is 1. The van der Waals surface area contributed by atoms with E-state index in [1.165, 1.54) is 12.3 Å². The molecule has 2 heterocycles. The van der Waals surface area contributed by atoms with Crippen molar-refractivity contribution >= 4 is 29.1 Å². The first-order valence-electron chi connectivity index (χ1n) is 11.5. The van der Waals surface area contributed by atoms with Crippen molar-refractivity contribution in [3.8, 4) is 17.0 Å². The molecule has 1 saturated carbocycles. The fourth-order valence-corrected chi connectivity index (χ4v) is 4.91. The average molecular weight is 476 g/mol. The number of ether oxygens (including phenoxy) is 1. The van der Waals surface area contributed by atoms with Crippen LogP contribution in [0.1, 0.15) is 39.5 Å². The second kappa shape index (κ2) is 9.71. The van der Waals surface area contributed by atoms with Gasteiger partial charge in [-0.2, -0.15) is 0 Å². The van der Waals surface area contributed by atoms with E-state index in [1.54, 1.807) is 19.0 Å². The van der Waals surface area contributed by atoms with Gasteiger partial charge in [-0.1, -0.05) is 18.0 Å². The van der Waals surface area contributed by atoms with Crippen LogP contribution in [0.3, 0.4) is 0 Å². The molecule has 1 N–H and O–H groups in total. The Labute approximate surface area is 199 Å². The van der Waals surface area contributed by atoms with Crippen LogP contribution in [0.2, 0.25) is 5.02 Å². The summed E-state index contributed by atoms with van der Waals surface area (Å²) in [5.41, 5.74) is 1.73. The third kappa shape index (κ3) is 5.00. The van der Waals surface area contributed by atoms with E-state index in [0.717, 1.165) is 25.7 Å². The lowest BCUT2D eigenvalue weighted by Gasteiger charge is -2.34. The van der Waals surface area contributed by atoms with Crippen LogP contribution in [0.4, 0.5) is 16.0 Å². The van der Waals surface area contributed by atoms with Crippen LogP contribution in [0, 0.1) is 11.7 Å². The molecule has 0 saturated heterocycles. The molecular weight excluding hydrogens is 445 g/mol. The first-order valence-corrected chi connectivity index (χ1v) is 11.9. The Morgan fingerprint density at radius 2 is 2.12 bits per heavy atom. The Bertz CT molecular complexity index is 1030. The molecule has 178 valence electrons. The molecule has 0 bridgehead atoms. The van der Waals surface area contributed by atoms with Crippen LogP contribution in [0.15, 0.2) is 18.3 Å². The van der Waals surface area contributed by atoms with Gasteiger partial charge in [0.05, 0.1) is 29.1 Å². The minimum Gasteiger partial charge on any atom is -0.486 e. The van der Waals surface area contributed by atoms with Crippen LogP contribution in [0.5, 0.6) is 5.75 Å². The van der Waals surface area contributed by atoms with E-state index in [9.17, 15) is 9.18 Å². The number of carbonyl (C=O) groups is 1. The summed E-state index contributed by atoms with van der Waals surface area (Å²) in [5.74, 6) is 0.401. The van der Waals surface area contributed by atoms with Crippen LogP contribution in [0.25, 0.3) is 11.3 Å². The number of amides is 1. The number of rotatable bonds is 5. The third-order valence-corrected chi connectivity index (χ3v) is 6.63. The second-order valence-corrected chi connectivity index (χ2v) is 9.68. The lowest BCUT2D eigenvalue weighted by Crippen LogP contribution is -2.38. The fourth-order valence-electron chi connectivity index (χ4n) is 4.71. The third-order valence-electron chi connectivity index (χ3n) is 6.35. The lowest BCUT2D eigenvalue weighted by molar-refractivity contribution is -0.134. The van der Waals surface area contributed by atoms with Crippen molar-refractivity contribution in [3.05, 3.63) is 29.2 Å². The van der Waals surface area contributed by atoms with Gasteiger partial charge in [-0.05, 0) is 45.2 Å². The molecule has 2 atom stereocenters. The summed E-state index contributed by atoms with van der Waals surface area (Å²) in [5, 5.41) is 3.71. The number of hydrogen-bond acceptors (Lipinski definition) is 6. The van der Waals surface area contributed by atoms with E-state index < -0.39 is 5.82 Å². The summed E-state index contributed by atoms with van der Waals surface area (Å²) < 4.78 is 20.6. The molecule has 9 heteroatoms. The van der Waals surface area contributed by atoms with Crippen molar-refractivity contribution < 1.29 is 13.9 Å². The molecule has 0 spiro atoms. The van der Waals surface area contributed by atoms with E-state index in [-0.39, 0.29) is 29.7 Å². The van der Waals surface area contributed by atoms with Gasteiger partial charge in [0.2, 0.25) is 11.9 Å². The molecule has 1 aliphatic carbocycles. The number of hydrogen-bond donors (Lipinski definition) is 1. The van der Waals surface area contributed by atoms with Gasteiger partial charge < -0.3 is 19.9 Å². The highest BCUT2D eigenvalue weighted by Crippen LogP contribution is 2.40. The maximum atomic E-state index is 15.0. The Morgan fingerprint density at radius 3 is 2.85 bits per heavy atom. The molecule has 1 aliphatic heterocycles. The zero-order chi connectivity index (χ0) is 23.7. The fraction of sp³-hybridized carbons (Fsp3) is 0.542. The Morgan fingerprint density at radius 1 is 1.33 bits per heavy atom. The summed E-state index contributed by atoms with van der Waals surface area (Å²) in [7, 11) is 3.58. The van der Waals surface area contributed by atoms with Gasteiger partial charge in [-0.15, -0.1) is 0 Å². The van der Waals surface area contributed by atoms with Gasteiger partial charge in [0, 0.05) is 37.7 Å². The molecule has 4 rings (SSSR count). The topological polar surface area (TPSA) is 70.6 Å². The van der Waals surface area contributed by atoms with Gasteiger partial charge in [0.25, 0.3) is 0 Å². The Kier molecular flexibility index (Phi) is 6.93. The number of nitrogens with zero attached hydrogens (tertiary/aromatic N) is 4. The molecule has 1 fully saturated rings. The van der Waals surface area contributed by atoms with E-state index in [2.05, 4.69) is 34.0 Å². The SMILES string of the molecule is CC(C)N1CCOc2c(F)cc(-c3nc(NC4CCCC(C(=O)N(C)C)C4)ncc3Cl)cc21. The zero-order valence-electron chi connectivity index (χ0n) is 19.6. The van der Waals surface area contributed by atoms with Gasteiger partial charge >= 0.3 is 0 Å². The summed E-state index contributed by atoms with van der Waals surface area (Å²) in [4.78, 5) is 25.1. The van der Waals surface area contributed by atoms with Crippen LogP contribution in [-0.2, 0) is 4.79 Å². The monoisotopic (exact) mass is 475 g/mol. The van der Waals surface area contributed by atoms with Crippen LogP contribution >= 0.6 is 11.6 Å². The average Bonchev–Trinajstić information content (AvgIpc) is 2.79. The smallest absolute Gasteiger partial charge is 0.225 e. The first-order chi connectivity index (χ1) is 15.7. The minimum absolute atomic E-state index is 0.00483. The van der Waals surface area contributed by atoms with Gasteiger partial charge in [0.1, 0.15) is 6.61 Å². The number of nitrogens with one attached hydrogen (secondary N) is 1. The van der Waals surface area contributed by atoms with Crippen LogP contribution < -0.4 is 15.0 Å². The van der Waals surface area contributed by atoms with Crippen molar-refractivity contribution in [3.63, 3.8) is 0 Å². The summed E-state index contributed by atoms with van der Waals surface area (Å²) in [6.07, 6.45) is 5.05. The highest BCUT2D eigenvalue weighted by atomic mass is 35.5. The molecule has 2 aromatic rings.